The molecule has 1 rings (SSSR count). The van der Waals surface area contributed by atoms with Crippen molar-refractivity contribution < 1.29 is 23.1 Å². The summed E-state index contributed by atoms with van der Waals surface area (Å²) in [6.45, 7) is 0.530. The Kier molecular flexibility index (Phi) is 6.27. The molecule has 0 bridgehead atoms. The molecule has 1 atom stereocenters. The fourth-order valence-corrected chi connectivity index (χ4v) is 3.85. The molecule has 1 aliphatic heterocycles. The van der Waals surface area contributed by atoms with Crippen LogP contribution in [0.4, 0.5) is 0 Å². The molecule has 19 heavy (non-hydrogen) atoms. The Morgan fingerprint density at radius 3 is 2.42 bits per heavy atom. The topological polar surface area (TPSA) is 101 Å². The van der Waals surface area contributed by atoms with Gasteiger partial charge in [-0.1, -0.05) is 12.8 Å². The number of hydrogen-bond donors (Lipinski definition) is 2. The molecule has 6 nitrogen and oxygen atoms in total. The van der Waals surface area contributed by atoms with E-state index in [0.29, 0.717) is 19.4 Å². The number of aliphatic carboxylic acids is 1. The average Bonchev–Trinajstić information content (AvgIpc) is 2.68. The molecular weight excluding hydrogens is 270 g/mol. The van der Waals surface area contributed by atoms with Crippen molar-refractivity contribution in [1.82, 2.24) is 5.32 Å². The Morgan fingerprint density at radius 1 is 1.16 bits per heavy atom. The van der Waals surface area contributed by atoms with Crippen LogP contribution in [0.2, 0.25) is 0 Å². The number of amides is 1. The Morgan fingerprint density at radius 2 is 1.84 bits per heavy atom. The summed E-state index contributed by atoms with van der Waals surface area (Å²) >= 11 is 0. The number of sulfone groups is 1. The van der Waals surface area contributed by atoms with Gasteiger partial charge in [0.15, 0.2) is 9.84 Å². The fraction of sp³-hybridized carbons (Fsp3) is 0.833. The van der Waals surface area contributed by atoms with E-state index in [1.807, 2.05) is 0 Å². The smallest absolute Gasteiger partial charge is 0.303 e. The SMILES string of the molecule is O=C(O)CCCCCCNC(=O)C1CCS(=O)(=O)C1. The maximum atomic E-state index is 11.7. The average molecular weight is 291 g/mol. The van der Waals surface area contributed by atoms with Gasteiger partial charge < -0.3 is 10.4 Å². The van der Waals surface area contributed by atoms with E-state index >= 15 is 0 Å². The first-order valence-corrected chi connectivity index (χ1v) is 8.43. The number of carbonyl (C=O) groups is 2. The standard InChI is InChI=1S/C12H21NO5S/c14-11(15)5-3-1-2-4-7-13-12(16)10-6-8-19(17,18)9-10/h10H,1-9H2,(H,13,16)(H,14,15). The molecule has 0 spiro atoms. The van der Waals surface area contributed by atoms with Crippen molar-refractivity contribution >= 4 is 21.7 Å². The lowest BCUT2D eigenvalue weighted by Crippen LogP contribution is -2.32. The molecule has 0 aromatic rings. The maximum Gasteiger partial charge on any atom is 0.303 e. The van der Waals surface area contributed by atoms with Gasteiger partial charge in [-0.15, -0.1) is 0 Å². The predicted octanol–water partition coefficient (Wildman–Crippen LogP) is 0.572. The highest BCUT2D eigenvalue weighted by atomic mass is 32.2. The molecule has 0 radical (unpaired) electrons. The van der Waals surface area contributed by atoms with Crippen molar-refractivity contribution in [3.8, 4) is 0 Å². The molecule has 110 valence electrons. The highest BCUT2D eigenvalue weighted by Gasteiger charge is 2.32. The lowest BCUT2D eigenvalue weighted by atomic mass is 10.1. The third-order valence-electron chi connectivity index (χ3n) is 3.22. The molecule has 0 aliphatic carbocycles. The van der Waals surface area contributed by atoms with E-state index in [4.69, 9.17) is 5.11 Å². The normalized spacial score (nSPS) is 21.2. The molecule has 0 aromatic carbocycles. The number of hydrogen-bond acceptors (Lipinski definition) is 4. The lowest BCUT2D eigenvalue weighted by molar-refractivity contribution is -0.137. The molecule has 0 saturated carbocycles. The van der Waals surface area contributed by atoms with Crippen LogP contribution in [0.5, 0.6) is 0 Å². The van der Waals surface area contributed by atoms with Crippen molar-refractivity contribution in [2.75, 3.05) is 18.1 Å². The second-order valence-corrected chi connectivity index (χ2v) is 7.18. The summed E-state index contributed by atoms with van der Waals surface area (Å²) in [6, 6.07) is 0. The molecule has 1 unspecified atom stereocenters. The van der Waals surface area contributed by atoms with Crippen LogP contribution in [0.25, 0.3) is 0 Å². The zero-order valence-electron chi connectivity index (χ0n) is 10.9. The Bertz CT molecular complexity index is 418. The van der Waals surface area contributed by atoms with Gasteiger partial charge in [-0.3, -0.25) is 9.59 Å². The fourth-order valence-electron chi connectivity index (χ4n) is 2.11. The predicted molar refractivity (Wildman–Crippen MR) is 70.5 cm³/mol. The first-order valence-electron chi connectivity index (χ1n) is 6.60. The van der Waals surface area contributed by atoms with Gasteiger partial charge >= 0.3 is 5.97 Å². The van der Waals surface area contributed by atoms with Crippen LogP contribution < -0.4 is 5.32 Å². The molecule has 0 aromatic heterocycles. The van der Waals surface area contributed by atoms with Gasteiger partial charge in [-0.25, -0.2) is 8.42 Å². The Hall–Kier alpha value is -1.11. The molecule has 1 heterocycles. The summed E-state index contributed by atoms with van der Waals surface area (Å²) in [4.78, 5) is 21.9. The molecule has 2 N–H and O–H groups in total. The zero-order chi connectivity index (χ0) is 14.3. The summed E-state index contributed by atoms with van der Waals surface area (Å²) < 4.78 is 22.4. The summed E-state index contributed by atoms with van der Waals surface area (Å²) in [5, 5.41) is 11.2. The van der Waals surface area contributed by atoms with Gasteiger partial charge in [0.05, 0.1) is 17.4 Å². The minimum Gasteiger partial charge on any atom is -0.481 e. The quantitative estimate of drug-likeness (QED) is 0.637. The number of rotatable bonds is 8. The molecule has 1 fully saturated rings. The Balaban J connectivity index is 2.04. The van der Waals surface area contributed by atoms with Crippen molar-refractivity contribution in [1.29, 1.82) is 0 Å². The number of nitrogens with one attached hydrogen (secondary N) is 1. The third-order valence-corrected chi connectivity index (χ3v) is 4.99. The van der Waals surface area contributed by atoms with Crippen molar-refractivity contribution in [3.63, 3.8) is 0 Å². The minimum atomic E-state index is -3.01. The van der Waals surface area contributed by atoms with Crippen LogP contribution in [0.1, 0.15) is 38.5 Å². The minimum absolute atomic E-state index is 0.0303. The van der Waals surface area contributed by atoms with E-state index in [9.17, 15) is 18.0 Å². The summed E-state index contributed by atoms with van der Waals surface area (Å²) in [5.41, 5.74) is 0. The zero-order valence-corrected chi connectivity index (χ0v) is 11.7. The maximum absolute atomic E-state index is 11.7. The molecule has 1 saturated heterocycles. The van der Waals surface area contributed by atoms with Crippen molar-refractivity contribution in [2.45, 2.75) is 38.5 Å². The van der Waals surface area contributed by atoms with E-state index < -0.39 is 21.7 Å². The largest absolute Gasteiger partial charge is 0.481 e. The second-order valence-electron chi connectivity index (χ2n) is 4.95. The van der Waals surface area contributed by atoms with E-state index in [1.165, 1.54) is 0 Å². The van der Waals surface area contributed by atoms with Gasteiger partial charge in [-0.2, -0.15) is 0 Å². The second kappa shape index (κ2) is 7.47. The molecule has 1 aliphatic rings. The Labute approximate surface area is 113 Å². The first-order chi connectivity index (χ1) is 8.91. The molecular formula is C12H21NO5S. The van der Waals surface area contributed by atoms with Gasteiger partial charge in [0.1, 0.15) is 0 Å². The number of carboxylic acids is 1. The van der Waals surface area contributed by atoms with Gasteiger partial charge in [0.2, 0.25) is 5.91 Å². The number of unbranched alkanes of at least 4 members (excludes halogenated alkanes) is 3. The first kappa shape index (κ1) is 15.9. The van der Waals surface area contributed by atoms with Crippen LogP contribution in [0.3, 0.4) is 0 Å². The summed E-state index contributed by atoms with van der Waals surface area (Å²) in [6.07, 6.45) is 3.77. The van der Waals surface area contributed by atoms with E-state index in [2.05, 4.69) is 5.32 Å². The van der Waals surface area contributed by atoms with Crippen molar-refractivity contribution in [2.24, 2.45) is 5.92 Å². The number of carbonyl (C=O) groups excluding carboxylic acids is 1. The van der Waals surface area contributed by atoms with E-state index in [-0.39, 0.29) is 23.8 Å². The van der Waals surface area contributed by atoms with Crippen LogP contribution in [0.15, 0.2) is 0 Å². The lowest BCUT2D eigenvalue weighted by Gasteiger charge is -2.09. The van der Waals surface area contributed by atoms with Crippen molar-refractivity contribution in [3.05, 3.63) is 0 Å². The van der Waals surface area contributed by atoms with Crippen LogP contribution >= 0.6 is 0 Å². The van der Waals surface area contributed by atoms with E-state index in [1.54, 1.807) is 0 Å². The number of carboxylic acid groups (broad SMARTS) is 1. The monoisotopic (exact) mass is 291 g/mol. The summed E-state index contributed by atoms with van der Waals surface area (Å²) in [5.74, 6) is -1.27. The molecule has 1 amide bonds. The highest BCUT2D eigenvalue weighted by molar-refractivity contribution is 7.91. The van der Waals surface area contributed by atoms with Gasteiger partial charge in [0, 0.05) is 13.0 Å². The highest BCUT2D eigenvalue weighted by Crippen LogP contribution is 2.18. The van der Waals surface area contributed by atoms with Crippen LogP contribution in [0, 0.1) is 5.92 Å². The van der Waals surface area contributed by atoms with Crippen LogP contribution in [-0.4, -0.2) is 43.5 Å². The van der Waals surface area contributed by atoms with Gasteiger partial charge in [-0.05, 0) is 19.3 Å². The molecule has 7 heteroatoms. The third kappa shape index (κ3) is 6.56. The summed E-state index contributed by atoms with van der Waals surface area (Å²) in [7, 11) is -3.01. The van der Waals surface area contributed by atoms with E-state index in [0.717, 1.165) is 19.3 Å². The van der Waals surface area contributed by atoms with Crippen LogP contribution in [-0.2, 0) is 19.4 Å². The van der Waals surface area contributed by atoms with Gasteiger partial charge in [0.25, 0.3) is 0 Å².